The lowest BCUT2D eigenvalue weighted by Gasteiger charge is -2.05. The SMILES string of the molecule is [2H]c1cccc(CO)c1-n1cc(N)cn1. The van der Waals surface area contributed by atoms with Crippen LogP contribution in [0.25, 0.3) is 5.69 Å². The third kappa shape index (κ3) is 1.47. The van der Waals surface area contributed by atoms with Crippen molar-refractivity contribution in [3.05, 3.63) is 42.2 Å². The normalized spacial score (nSPS) is 11.4. The Balaban J connectivity index is 2.60. The van der Waals surface area contributed by atoms with E-state index in [4.69, 9.17) is 12.2 Å². The standard InChI is InChI=1S/C10H11N3O/c11-9-5-12-13(6-9)10-4-2-1-3-8(10)7-14/h1-6,14H,7,11H2/i4D. The lowest BCUT2D eigenvalue weighted by molar-refractivity contribution is 0.281. The topological polar surface area (TPSA) is 64.1 Å². The van der Waals surface area contributed by atoms with Gasteiger partial charge in [-0.2, -0.15) is 5.10 Å². The monoisotopic (exact) mass is 190 g/mol. The van der Waals surface area contributed by atoms with Crippen molar-refractivity contribution in [1.29, 1.82) is 0 Å². The Kier molecular flexibility index (Phi) is 1.90. The van der Waals surface area contributed by atoms with Crippen molar-refractivity contribution in [3.8, 4) is 5.69 Å². The van der Waals surface area contributed by atoms with Gasteiger partial charge >= 0.3 is 0 Å². The van der Waals surface area contributed by atoms with E-state index in [0.717, 1.165) is 0 Å². The van der Waals surface area contributed by atoms with Crippen LogP contribution in [0, 0.1) is 0 Å². The van der Waals surface area contributed by atoms with Gasteiger partial charge in [-0.25, -0.2) is 4.68 Å². The van der Waals surface area contributed by atoms with Gasteiger partial charge in [0.15, 0.2) is 0 Å². The Morgan fingerprint density at radius 1 is 1.57 bits per heavy atom. The molecular weight excluding hydrogens is 178 g/mol. The summed E-state index contributed by atoms with van der Waals surface area (Å²) in [4.78, 5) is 0. The van der Waals surface area contributed by atoms with Gasteiger partial charge in [-0.05, 0) is 6.04 Å². The van der Waals surface area contributed by atoms with Gasteiger partial charge in [0, 0.05) is 5.56 Å². The molecule has 4 nitrogen and oxygen atoms in total. The van der Waals surface area contributed by atoms with Gasteiger partial charge in [0.2, 0.25) is 0 Å². The highest BCUT2D eigenvalue weighted by molar-refractivity contribution is 5.43. The molecule has 0 saturated heterocycles. The number of nitrogen functional groups attached to an aromatic ring is 1. The van der Waals surface area contributed by atoms with Gasteiger partial charge in [0.25, 0.3) is 0 Å². The van der Waals surface area contributed by atoms with Crippen LogP contribution in [0.4, 0.5) is 5.69 Å². The van der Waals surface area contributed by atoms with Crippen molar-refractivity contribution in [3.63, 3.8) is 0 Å². The molecule has 3 N–H and O–H groups in total. The van der Waals surface area contributed by atoms with E-state index in [9.17, 15) is 0 Å². The number of nitrogens with zero attached hydrogens (tertiary/aromatic N) is 2. The Morgan fingerprint density at radius 3 is 3.07 bits per heavy atom. The summed E-state index contributed by atoms with van der Waals surface area (Å²) < 4.78 is 9.25. The fraction of sp³-hybridized carbons (Fsp3) is 0.100. The van der Waals surface area contributed by atoms with E-state index in [1.807, 2.05) is 0 Å². The van der Waals surface area contributed by atoms with Gasteiger partial charge in [-0.3, -0.25) is 0 Å². The fourth-order valence-electron chi connectivity index (χ4n) is 1.26. The van der Waals surface area contributed by atoms with Gasteiger partial charge in [-0.1, -0.05) is 18.2 Å². The second-order valence-electron chi connectivity index (χ2n) is 2.92. The Labute approximate surface area is 83.0 Å². The van der Waals surface area contributed by atoms with Crippen molar-refractivity contribution < 1.29 is 6.48 Å². The predicted octanol–water partition coefficient (Wildman–Crippen LogP) is 0.947. The van der Waals surface area contributed by atoms with E-state index in [1.165, 1.54) is 10.9 Å². The van der Waals surface area contributed by atoms with Crippen LogP contribution >= 0.6 is 0 Å². The minimum Gasteiger partial charge on any atom is -0.396 e. The molecule has 0 bridgehead atoms. The maximum absolute atomic E-state index is 9.16. The zero-order valence-electron chi connectivity index (χ0n) is 8.51. The molecule has 1 aromatic carbocycles. The first-order chi connectivity index (χ1) is 7.22. The number of benzene rings is 1. The summed E-state index contributed by atoms with van der Waals surface area (Å²) in [5.74, 6) is 0. The number of para-hydroxylation sites is 1. The lowest BCUT2D eigenvalue weighted by Crippen LogP contribution is -1.99. The first-order valence-electron chi connectivity index (χ1n) is 4.72. The summed E-state index contributed by atoms with van der Waals surface area (Å²) in [7, 11) is 0. The third-order valence-electron chi connectivity index (χ3n) is 1.92. The van der Waals surface area contributed by atoms with E-state index < -0.39 is 0 Å². The molecule has 0 radical (unpaired) electrons. The molecule has 0 aliphatic heterocycles. The first-order valence-corrected chi connectivity index (χ1v) is 4.22. The largest absolute Gasteiger partial charge is 0.396 e. The molecule has 72 valence electrons. The Hall–Kier alpha value is -1.81. The van der Waals surface area contributed by atoms with Crippen molar-refractivity contribution in [2.75, 3.05) is 5.73 Å². The summed E-state index contributed by atoms with van der Waals surface area (Å²) in [6.45, 7) is -0.123. The summed E-state index contributed by atoms with van der Waals surface area (Å²) in [6, 6.07) is 5.44. The number of hydrogen-bond donors (Lipinski definition) is 2. The van der Waals surface area contributed by atoms with Crippen molar-refractivity contribution >= 4 is 5.69 Å². The van der Waals surface area contributed by atoms with Crippen LogP contribution in [-0.2, 0) is 6.61 Å². The summed E-state index contributed by atoms with van der Waals surface area (Å²) >= 11 is 0. The summed E-state index contributed by atoms with van der Waals surface area (Å²) in [5, 5.41) is 13.2. The van der Waals surface area contributed by atoms with Crippen LogP contribution in [0.2, 0.25) is 0 Å². The molecule has 0 aliphatic carbocycles. The number of hydrogen-bond acceptors (Lipinski definition) is 3. The summed E-state index contributed by atoms with van der Waals surface area (Å²) in [6.07, 6.45) is 3.13. The van der Waals surface area contributed by atoms with Crippen LogP contribution in [-0.4, -0.2) is 14.9 Å². The minimum atomic E-state index is -0.123. The number of aromatic nitrogens is 2. The van der Waals surface area contributed by atoms with Gasteiger partial charge in [-0.15, -0.1) is 0 Å². The molecule has 0 aliphatic rings. The highest BCUT2D eigenvalue weighted by Crippen LogP contribution is 2.14. The van der Waals surface area contributed by atoms with Gasteiger partial charge in [0.05, 0.1) is 31.7 Å². The molecule has 0 unspecified atom stereocenters. The van der Waals surface area contributed by atoms with Gasteiger partial charge in [0.1, 0.15) is 0 Å². The van der Waals surface area contributed by atoms with Crippen molar-refractivity contribution in [2.45, 2.75) is 6.61 Å². The highest BCUT2D eigenvalue weighted by atomic mass is 16.3. The molecule has 0 fully saturated rings. The minimum absolute atomic E-state index is 0.123. The third-order valence-corrected chi connectivity index (χ3v) is 1.92. The van der Waals surface area contributed by atoms with E-state index >= 15 is 0 Å². The fourth-order valence-corrected chi connectivity index (χ4v) is 1.26. The maximum atomic E-state index is 9.16. The average Bonchev–Trinajstić information content (AvgIpc) is 2.64. The number of aliphatic hydroxyl groups excluding tert-OH is 1. The smallest absolute Gasteiger partial charge is 0.0724 e. The van der Waals surface area contributed by atoms with Crippen LogP contribution in [0.5, 0.6) is 0 Å². The number of rotatable bonds is 2. The molecule has 0 atom stereocenters. The van der Waals surface area contributed by atoms with Crippen LogP contribution in [0.15, 0.2) is 36.6 Å². The quantitative estimate of drug-likeness (QED) is 0.741. The predicted molar refractivity (Wildman–Crippen MR) is 53.9 cm³/mol. The van der Waals surface area contributed by atoms with Crippen LogP contribution in [0.1, 0.15) is 6.93 Å². The molecule has 14 heavy (non-hydrogen) atoms. The van der Waals surface area contributed by atoms with Crippen LogP contribution in [0.3, 0.4) is 0 Å². The zero-order chi connectivity index (χ0) is 10.8. The maximum Gasteiger partial charge on any atom is 0.0724 e. The molecule has 0 amide bonds. The van der Waals surface area contributed by atoms with Crippen molar-refractivity contribution in [1.82, 2.24) is 9.78 Å². The van der Waals surface area contributed by atoms with E-state index in [-0.39, 0.29) is 6.61 Å². The number of nitrogens with two attached hydrogens (primary N) is 1. The molecule has 2 rings (SSSR count). The zero-order valence-corrected chi connectivity index (χ0v) is 7.51. The van der Waals surface area contributed by atoms with E-state index in [2.05, 4.69) is 5.10 Å². The molecule has 4 heteroatoms. The second kappa shape index (κ2) is 3.51. The molecule has 0 spiro atoms. The molecule has 2 aromatic rings. The van der Waals surface area contributed by atoms with Gasteiger partial charge < -0.3 is 10.8 Å². The van der Waals surface area contributed by atoms with Crippen LogP contribution < -0.4 is 5.73 Å². The second-order valence-corrected chi connectivity index (χ2v) is 2.92. The average molecular weight is 190 g/mol. The van der Waals surface area contributed by atoms with E-state index in [1.54, 1.807) is 24.4 Å². The van der Waals surface area contributed by atoms with Crippen molar-refractivity contribution in [2.24, 2.45) is 0 Å². The molecule has 1 heterocycles. The number of aliphatic hydroxyl groups is 1. The van der Waals surface area contributed by atoms with E-state index in [0.29, 0.717) is 23.0 Å². The molecule has 1 aromatic heterocycles. The molecular formula is C10H11N3O. The lowest BCUT2D eigenvalue weighted by atomic mass is 10.2. The first kappa shape index (κ1) is 7.58. The highest BCUT2D eigenvalue weighted by Gasteiger charge is 2.03. The summed E-state index contributed by atoms with van der Waals surface area (Å²) in [5.41, 5.74) is 7.30. The Bertz CT molecular complexity index is 481. The number of anilines is 1. The molecule has 0 saturated carbocycles. The Morgan fingerprint density at radius 2 is 2.43 bits per heavy atom.